The zero-order chi connectivity index (χ0) is 20.0. The van der Waals surface area contributed by atoms with Crippen molar-refractivity contribution in [3.63, 3.8) is 0 Å². The lowest BCUT2D eigenvalue weighted by Gasteiger charge is -2.12. The fourth-order valence-corrected chi connectivity index (χ4v) is 3.92. The van der Waals surface area contributed by atoms with Crippen LogP contribution >= 0.6 is 11.3 Å². The molecule has 0 aliphatic heterocycles. The Bertz CT molecular complexity index is 924. The van der Waals surface area contributed by atoms with Gasteiger partial charge in [0, 0.05) is 13.0 Å². The first-order chi connectivity index (χ1) is 12.7. The molecule has 0 spiro atoms. The van der Waals surface area contributed by atoms with Gasteiger partial charge in [0.2, 0.25) is 11.0 Å². The molecule has 1 aromatic carbocycles. The summed E-state index contributed by atoms with van der Waals surface area (Å²) in [7, 11) is -4.06. The molecule has 2 rings (SSSR count). The van der Waals surface area contributed by atoms with Gasteiger partial charge in [-0.05, 0) is 18.1 Å². The molecule has 0 unspecified atom stereocenters. The standard InChI is InChI=1S/C16H21N5O4S2/c1-4-13(22)18-15-19-20-16(26-15)27(24,25)21-12-8-6-5-7-11(12)14(23)17-9-10(2)3/h5-8,10,21H,4,9H2,1-3H3,(H,17,23)(H,18,19,22). The van der Waals surface area contributed by atoms with Crippen molar-refractivity contribution < 1.29 is 18.0 Å². The van der Waals surface area contributed by atoms with Crippen LogP contribution in [0.15, 0.2) is 28.6 Å². The molecule has 0 fully saturated rings. The fraction of sp³-hybridized carbons (Fsp3) is 0.375. The second-order valence-corrected chi connectivity index (χ2v) is 8.86. The smallest absolute Gasteiger partial charge is 0.291 e. The van der Waals surface area contributed by atoms with Crippen LogP contribution in [0.4, 0.5) is 10.8 Å². The molecule has 0 saturated carbocycles. The first-order valence-corrected chi connectivity index (χ1v) is 10.6. The molecule has 0 saturated heterocycles. The van der Waals surface area contributed by atoms with Crippen LogP contribution in [0.3, 0.4) is 0 Å². The molecule has 1 aromatic heterocycles. The number of nitrogens with zero attached hydrogens (tertiary/aromatic N) is 2. The van der Waals surface area contributed by atoms with E-state index in [2.05, 4.69) is 25.6 Å². The number of sulfonamides is 1. The largest absolute Gasteiger partial charge is 0.352 e. The molecule has 0 atom stereocenters. The third kappa shape index (κ3) is 5.73. The van der Waals surface area contributed by atoms with Gasteiger partial charge in [0.25, 0.3) is 20.3 Å². The van der Waals surface area contributed by atoms with Gasteiger partial charge >= 0.3 is 0 Å². The quantitative estimate of drug-likeness (QED) is 0.570. The number of anilines is 2. The molecule has 0 aliphatic carbocycles. The summed E-state index contributed by atoms with van der Waals surface area (Å²) in [4.78, 5) is 23.7. The molecule has 27 heavy (non-hydrogen) atoms. The Labute approximate surface area is 161 Å². The second-order valence-electron chi connectivity index (χ2n) is 6.03. The highest BCUT2D eigenvalue weighted by Gasteiger charge is 2.23. The van der Waals surface area contributed by atoms with Gasteiger partial charge in [-0.15, -0.1) is 10.2 Å². The van der Waals surface area contributed by atoms with Crippen LogP contribution in [0.25, 0.3) is 0 Å². The van der Waals surface area contributed by atoms with Gasteiger partial charge in [0.15, 0.2) is 0 Å². The van der Waals surface area contributed by atoms with Crippen LogP contribution in [0.2, 0.25) is 0 Å². The maximum Gasteiger partial charge on any atom is 0.291 e. The van der Waals surface area contributed by atoms with Crippen molar-refractivity contribution in [1.29, 1.82) is 0 Å². The van der Waals surface area contributed by atoms with Crippen LogP contribution in [-0.4, -0.2) is 37.0 Å². The van der Waals surface area contributed by atoms with E-state index in [4.69, 9.17) is 0 Å². The number of amides is 2. The maximum atomic E-state index is 12.6. The van der Waals surface area contributed by atoms with Crippen molar-refractivity contribution in [1.82, 2.24) is 15.5 Å². The van der Waals surface area contributed by atoms with Gasteiger partial charge < -0.3 is 10.6 Å². The van der Waals surface area contributed by atoms with E-state index in [1.54, 1.807) is 19.1 Å². The van der Waals surface area contributed by atoms with Crippen molar-refractivity contribution in [2.24, 2.45) is 5.92 Å². The van der Waals surface area contributed by atoms with E-state index < -0.39 is 10.0 Å². The number of carbonyl (C=O) groups is 2. The van der Waals surface area contributed by atoms with E-state index in [-0.39, 0.29) is 44.9 Å². The van der Waals surface area contributed by atoms with Crippen LogP contribution in [0, 0.1) is 5.92 Å². The Kier molecular flexibility index (Phi) is 6.86. The van der Waals surface area contributed by atoms with Gasteiger partial charge in [-0.2, -0.15) is 8.42 Å². The second kappa shape index (κ2) is 8.91. The molecule has 0 bridgehead atoms. The minimum atomic E-state index is -4.06. The Hall–Kier alpha value is -2.53. The summed E-state index contributed by atoms with van der Waals surface area (Å²) in [6.45, 7) is 6.05. The predicted octanol–water partition coefficient (Wildman–Crippen LogP) is 2.07. The monoisotopic (exact) mass is 411 g/mol. The first-order valence-electron chi connectivity index (χ1n) is 8.26. The van der Waals surface area contributed by atoms with Gasteiger partial charge in [-0.3, -0.25) is 14.3 Å². The summed E-state index contributed by atoms with van der Waals surface area (Å²) < 4.78 is 27.2. The number of hydrogen-bond donors (Lipinski definition) is 3. The van der Waals surface area contributed by atoms with E-state index in [0.717, 1.165) is 11.3 Å². The minimum Gasteiger partial charge on any atom is -0.352 e. The molecule has 2 aromatic rings. The summed E-state index contributed by atoms with van der Waals surface area (Å²) >= 11 is 0.726. The molecule has 1 heterocycles. The Morgan fingerprint density at radius 1 is 1.19 bits per heavy atom. The minimum absolute atomic E-state index is 0.0881. The molecule has 9 nitrogen and oxygen atoms in total. The number of aromatic nitrogens is 2. The molecule has 2 amide bonds. The number of para-hydroxylation sites is 1. The van der Waals surface area contributed by atoms with Crippen LogP contribution < -0.4 is 15.4 Å². The third-order valence-corrected chi connectivity index (χ3v) is 5.86. The highest BCUT2D eigenvalue weighted by Crippen LogP contribution is 2.24. The SMILES string of the molecule is CCC(=O)Nc1nnc(S(=O)(=O)Nc2ccccc2C(=O)NCC(C)C)s1. The zero-order valence-corrected chi connectivity index (χ0v) is 16.8. The Balaban J connectivity index is 2.21. The number of carbonyl (C=O) groups excluding carboxylic acids is 2. The Morgan fingerprint density at radius 3 is 2.56 bits per heavy atom. The Morgan fingerprint density at radius 2 is 1.89 bits per heavy atom. The van der Waals surface area contributed by atoms with Crippen LogP contribution in [0.5, 0.6) is 0 Å². The van der Waals surface area contributed by atoms with Gasteiger partial charge in [-0.1, -0.05) is 44.2 Å². The molecule has 11 heteroatoms. The number of nitrogens with one attached hydrogen (secondary N) is 3. The van der Waals surface area contributed by atoms with Crippen LogP contribution in [-0.2, 0) is 14.8 Å². The molecular formula is C16H21N5O4S2. The highest BCUT2D eigenvalue weighted by molar-refractivity contribution is 7.94. The summed E-state index contributed by atoms with van der Waals surface area (Å²) in [5.41, 5.74) is 0.332. The van der Waals surface area contributed by atoms with Crippen molar-refractivity contribution in [2.45, 2.75) is 31.5 Å². The van der Waals surface area contributed by atoms with E-state index in [1.165, 1.54) is 12.1 Å². The first kappa shape index (κ1) is 20.8. The normalized spacial score (nSPS) is 11.3. The lowest BCUT2D eigenvalue weighted by atomic mass is 10.1. The topological polar surface area (TPSA) is 130 Å². The van der Waals surface area contributed by atoms with Gasteiger partial charge in [-0.25, -0.2) is 0 Å². The lowest BCUT2D eigenvalue weighted by molar-refractivity contribution is -0.115. The summed E-state index contributed by atoms with van der Waals surface area (Å²) in [6, 6.07) is 6.28. The van der Waals surface area contributed by atoms with Gasteiger partial charge in [0.1, 0.15) is 0 Å². The zero-order valence-electron chi connectivity index (χ0n) is 15.1. The van der Waals surface area contributed by atoms with E-state index in [1.807, 2.05) is 13.8 Å². The molecule has 0 aliphatic rings. The van der Waals surface area contributed by atoms with E-state index in [9.17, 15) is 18.0 Å². The van der Waals surface area contributed by atoms with Crippen molar-refractivity contribution in [3.05, 3.63) is 29.8 Å². The van der Waals surface area contributed by atoms with E-state index in [0.29, 0.717) is 6.54 Å². The molecule has 146 valence electrons. The van der Waals surface area contributed by atoms with E-state index >= 15 is 0 Å². The van der Waals surface area contributed by atoms with Crippen molar-refractivity contribution in [3.8, 4) is 0 Å². The average molecular weight is 412 g/mol. The summed E-state index contributed by atoms with van der Waals surface area (Å²) in [6.07, 6.45) is 0.235. The molecule has 3 N–H and O–H groups in total. The average Bonchev–Trinajstić information content (AvgIpc) is 3.09. The molecular weight excluding hydrogens is 390 g/mol. The number of rotatable bonds is 8. The number of benzene rings is 1. The lowest BCUT2D eigenvalue weighted by Crippen LogP contribution is -2.28. The summed E-state index contributed by atoms with van der Waals surface area (Å²) in [5, 5.41) is 12.6. The highest BCUT2D eigenvalue weighted by atomic mass is 32.2. The van der Waals surface area contributed by atoms with Crippen molar-refractivity contribution >= 4 is 44.0 Å². The van der Waals surface area contributed by atoms with Crippen molar-refractivity contribution in [2.75, 3.05) is 16.6 Å². The van der Waals surface area contributed by atoms with Crippen LogP contribution in [0.1, 0.15) is 37.6 Å². The predicted molar refractivity (Wildman–Crippen MR) is 103 cm³/mol. The molecule has 0 radical (unpaired) electrons. The fourth-order valence-electron chi connectivity index (χ4n) is 1.93. The maximum absolute atomic E-state index is 12.6. The summed E-state index contributed by atoms with van der Waals surface area (Å²) in [5.74, 6) is -0.415. The van der Waals surface area contributed by atoms with Gasteiger partial charge in [0.05, 0.1) is 11.3 Å². The third-order valence-electron chi connectivity index (χ3n) is 3.29. The number of hydrogen-bond acceptors (Lipinski definition) is 7.